The van der Waals surface area contributed by atoms with Crippen molar-refractivity contribution in [2.75, 3.05) is 13.2 Å². The lowest BCUT2D eigenvalue weighted by Gasteiger charge is -2.11. The van der Waals surface area contributed by atoms with Crippen LogP contribution in [0.25, 0.3) is 0 Å². The van der Waals surface area contributed by atoms with E-state index in [1.54, 1.807) is 67.6 Å². The molecule has 0 aromatic heterocycles. The molecule has 0 aliphatic heterocycles. The van der Waals surface area contributed by atoms with Crippen molar-refractivity contribution in [3.8, 4) is 11.5 Å². The molecule has 0 unspecified atom stereocenters. The maximum absolute atomic E-state index is 12.4. The van der Waals surface area contributed by atoms with E-state index < -0.39 is 17.8 Å². The number of hydrogen-bond acceptors (Lipinski definition) is 6. The van der Waals surface area contributed by atoms with Gasteiger partial charge >= 0.3 is 5.97 Å². The summed E-state index contributed by atoms with van der Waals surface area (Å²) in [5, 5.41) is 7.29. The third kappa shape index (κ3) is 7.84. The number of nitrogens with zero attached hydrogens (tertiary/aromatic N) is 1. The molecule has 10 heteroatoms. The zero-order chi connectivity index (χ0) is 25.2. The highest BCUT2D eigenvalue weighted by molar-refractivity contribution is 6.31. The van der Waals surface area contributed by atoms with E-state index in [-0.39, 0.29) is 12.3 Å². The van der Waals surface area contributed by atoms with Gasteiger partial charge in [-0.2, -0.15) is 5.10 Å². The SMILES string of the molecule is CCOc1cc(/C=N/NC(=O)CNC(=O)c2cccc(Cl)c2)ccc1OC(=O)c1ccc(Cl)cc1. The lowest BCUT2D eigenvalue weighted by atomic mass is 10.2. The summed E-state index contributed by atoms with van der Waals surface area (Å²) in [4.78, 5) is 36.4. The van der Waals surface area contributed by atoms with Crippen LogP contribution in [0.15, 0.2) is 71.8 Å². The van der Waals surface area contributed by atoms with Gasteiger partial charge in [-0.05, 0) is 73.2 Å². The Labute approximate surface area is 211 Å². The number of rotatable bonds is 9. The first-order chi connectivity index (χ1) is 16.9. The smallest absolute Gasteiger partial charge is 0.343 e. The summed E-state index contributed by atoms with van der Waals surface area (Å²) in [6, 6.07) is 17.5. The number of halogens is 2. The summed E-state index contributed by atoms with van der Waals surface area (Å²) in [5.41, 5.74) is 3.59. The van der Waals surface area contributed by atoms with Crippen LogP contribution in [0.3, 0.4) is 0 Å². The highest BCUT2D eigenvalue weighted by atomic mass is 35.5. The molecular weight excluding hydrogens is 493 g/mol. The second-order valence-corrected chi connectivity index (χ2v) is 7.89. The number of esters is 1. The molecule has 2 amide bonds. The number of benzene rings is 3. The predicted molar refractivity (Wildman–Crippen MR) is 134 cm³/mol. The molecule has 35 heavy (non-hydrogen) atoms. The van der Waals surface area contributed by atoms with Gasteiger partial charge in [-0.15, -0.1) is 0 Å². The maximum atomic E-state index is 12.4. The standard InChI is InChI=1S/C25H21Cl2N3O5/c1-2-34-22-12-16(6-11-21(22)35-25(33)17-7-9-19(26)10-8-17)14-29-30-23(31)15-28-24(32)18-4-3-5-20(27)13-18/h3-14H,2,15H2,1H3,(H,28,32)(H,30,31)/b29-14+. The van der Waals surface area contributed by atoms with Crippen molar-refractivity contribution in [3.05, 3.63) is 93.5 Å². The van der Waals surface area contributed by atoms with Gasteiger partial charge in [0.05, 0.1) is 24.9 Å². The van der Waals surface area contributed by atoms with Gasteiger partial charge in [0.15, 0.2) is 11.5 Å². The Hall–Kier alpha value is -3.88. The van der Waals surface area contributed by atoms with Gasteiger partial charge in [-0.25, -0.2) is 10.2 Å². The van der Waals surface area contributed by atoms with Crippen LogP contribution < -0.4 is 20.2 Å². The van der Waals surface area contributed by atoms with Crippen LogP contribution in [-0.4, -0.2) is 37.1 Å². The molecule has 2 N–H and O–H groups in total. The van der Waals surface area contributed by atoms with E-state index in [0.717, 1.165) is 0 Å². The van der Waals surface area contributed by atoms with Crippen molar-refractivity contribution in [2.24, 2.45) is 5.10 Å². The van der Waals surface area contributed by atoms with Crippen LogP contribution in [-0.2, 0) is 4.79 Å². The lowest BCUT2D eigenvalue weighted by Crippen LogP contribution is -2.34. The summed E-state index contributed by atoms with van der Waals surface area (Å²) in [7, 11) is 0. The number of carbonyl (C=O) groups excluding carboxylic acids is 3. The van der Waals surface area contributed by atoms with Crippen LogP contribution in [0.1, 0.15) is 33.2 Å². The van der Waals surface area contributed by atoms with Gasteiger partial charge in [0.2, 0.25) is 0 Å². The van der Waals surface area contributed by atoms with E-state index in [2.05, 4.69) is 15.8 Å². The molecule has 3 aromatic rings. The second kappa shape index (κ2) is 12.5. The molecular formula is C25H21Cl2N3O5. The molecule has 180 valence electrons. The van der Waals surface area contributed by atoms with Crippen LogP contribution in [0, 0.1) is 0 Å². The fourth-order valence-electron chi connectivity index (χ4n) is 2.81. The maximum Gasteiger partial charge on any atom is 0.343 e. The molecule has 0 spiro atoms. The summed E-state index contributed by atoms with van der Waals surface area (Å²) < 4.78 is 11.0. The minimum atomic E-state index is -0.559. The Bertz CT molecular complexity index is 1250. The Morgan fingerprint density at radius 3 is 2.40 bits per heavy atom. The second-order valence-electron chi connectivity index (χ2n) is 7.02. The number of ether oxygens (including phenoxy) is 2. The van der Waals surface area contributed by atoms with Crippen molar-refractivity contribution >= 4 is 47.2 Å². The molecule has 0 heterocycles. The number of hydrogen-bond donors (Lipinski definition) is 2. The summed E-state index contributed by atoms with van der Waals surface area (Å²) in [6.07, 6.45) is 1.39. The first-order valence-electron chi connectivity index (χ1n) is 10.5. The molecule has 0 atom stereocenters. The zero-order valence-corrected chi connectivity index (χ0v) is 20.1. The third-order valence-electron chi connectivity index (χ3n) is 4.45. The van der Waals surface area contributed by atoms with Crippen molar-refractivity contribution in [2.45, 2.75) is 6.92 Å². The van der Waals surface area contributed by atoms with E-state index in [4.69, 9.17) is 32.7 Å². The molecule has 0 bridgehead atoms. The Morgan fingerprint density at radius 1 is 0.914 bits per heavy atom. The van der Waals surface area contributed by atoms with Crippen molar-refractivity contribution < 1.29 is 23.9 Å². The largest absolute Gasteiger partial charge is 0.490 e. The average Bonchev–Trinajstić information content (AvgIpc) is 2.84. The van der Waals surface area contributed by atoms with Gasteiger partial charge in [0.1, 0.15) is 0 Å². The molecule has 0 saturated carbocycles. The summed E-state index contributed by atoms with van der Waals surface area (Å²) in [5.74, 6) is -0.946. The normalized spacial score (nSPS) is 10.6. The Kier molecular flexibility index (Phi) is 9.23. The molecule has 0 radical (unpaired) electrons. The number of hydrazone groups is 1. The third-order valence-corrected chi connectivity index (χ3v) is 4.94. The van der Waals surface area contributed by atoms with E-state index in [1.807, 2.05) is 0 Å². The first-order valence-corrected chi connectivity index (χ1v) is 11.2. The van der Waals surface area contributed by atoms with Crippen LogP contribution in [0.2, 0.25) is 10.0 Å². The van der Waals surface area contributed by atoms with E-state index >= 15 is 0 Å². The number of amides is 2. The average molecular weight is 514 g/mol. The molecule has 0 saturated heterocycles. The molecule has 0 aliphatic rings. The monoisotopic (exact) mass is 513 g/mol. The quantitative estimate of drug-likeness (QED) is 0.190. The van der Waals surface area contributed by atoms with E-state index in [1.165, 1.54) is 12.3 Å². The highest BCUT2D eigenvalue weighted by Gasteiger charge is 2.13. The van der Waals surface area contributed by atoms with Gasteiger partial charge in [0, 0.05) is 15.6 Å². The summed E-state index contributed by atoms with van der Waals surface area (Å²) in [6.45, 7) is 1.87. The van der Waals surface area contributed by atoms with Crippen LogP contribution >= 0.6 is 23.2 Å². The molecule has 0 fully saturated rings. The summed E-state index contributed by atoms with van der Waals surface area (Å²) >= 11 is 11.7. The van der Waals surface area contributed by atoms with Crippen LogP contribution in [0.4, 0.5) is 0 Å². The predicted octanol–water partition coefficient (Wildman–Crippen LogP) is 4.49. The van der Waals surface area contributed by atoms with E-state index in [9.17, 15) is 14.4 Å². The molecule has 0 aliphatic carbocycles. The van der Waals surface area contributed by atoms with Crippen molar-refractivity contribution in [3.63, 3.8) is 0 Å². The highest BCUT2D eigenvalue weighted by Crippen LogP contribution is 2.29. The van der Waals surface area contributed by atoms with Gasteiger partial charge in [-0.1, -0.05) is 29.3 Å². The lowest BCUT2D eigenvalue weighted by molar-refractivity contribution is -0.120. The van der Waals surface area contributed by atoms with Gasteiger partial charge in [0.25, 0.3) is 11.8 Å². The van der Waals surface area contributed by atoms with Crippen molar-refractivity contribution in [1.29, 1.82) is 0 Å². The van der Waals surface area contributed by atoms with Crippen molar-refractivity contribution in [1.82, 2.24) is 10.7 Å². The Morgan fingerprint density at radius 2 is 1.69 bits per heavy atom. The topological polar surface area (TPSA) is 106 Å². The van der Waals surface area contributed by atoms with Crippen LogP contribution in [0.5, 0.6) is 11.5 Å². The minimum Gasteiger partial charge on any atom is -0.490 e. The zero-order valence-electron chi connectivity index (χ0n) is 18.6. The van der Waals surface area contributed by atoms with Gasteiger partial charge < -0.3 is 14.8 Å². The number of nitrogens with one attached hydrogen (secondary N) is 2. The molecule has 3 rings (SSSR count). The number of carbonyl (C=O) groups is 3. The minimum absolute atomic E-state index is 0.233. The molecule has 8 nitrogen and oxygen atoms in total. The van der Waals surface area contributed by atoms with E-state index in [0.29, 0.717) is 39.1 Å². The first kappa shape index (κ1) is 25.7. The Balaban J connectivity index is 1.57. The molecule has 3 aromatic carbocycles. The van der Waals surface area contributed by atoms with Gasteiger partial charge in [-0.3, -0.25) is 9.59 Å². The fraction of sp³-hybridized carbons (Fsp3) is 0.120. The fourth-order valence-corrected chi connectivity index (χ4v) is 3.13.